The number of nitrogens with zero attached hydrogens (tertiary/aromatic N) is 1. The molecule has 94 valence electrons. The zero-order valence-corrected chi connectivity index (χ0v) is 11.3. The van der Waals surface area contributed by atoms with Crippen LogP contribution in [0.1, 0.15) is 31.1 Å². The van der Waals surface area contributed by atoms with E-state index >= 15 is 0 Å². The third-order valence-electron chi connectivity index (χ3n) is 2.67. The summed E-state index contributed by atoms with van der Waals surface area (Å²) < 4.78 is 25.5. The van der Waals surface area contributed by atoms with Gasteiger partial charge in [0.15, 0.2) is 5.78 Å². The molecule has 1 aromatic carbocycles. The highest BCUT2D eigenvalue weighted by atomic mass is 32.2. The van der Waals surface area contributed by atoms with Crippen LogP contribution in [0.2, 0.25) is 0 Å². The summed E-state index contributed by atoms with van der Waals surface area (Å²) in [6.45, 7) is 5.06. The molecule has 0 heterocycles. The molecule has 0 atom stereocenters. The van der Waals surface area contributed by atoms with Gasteiger partial charge in [0, 0.05) is 18.7 Å². The van der Waals surface area contributed by atoms with Gasteiger partial charge in [-0.05, 0) is 32.9 Å². The van der Waals surface area contributed by atoms with Crippen molar-refractivity contribution in [1.29, 1.82) is 0 Å². The van der Waals surface area contributed by atoms with Crippen LogP contribution in [0.15, 0.2) is 29.2 Å². The first kappa shape index (κ1) is 13.9. The van der Waals surface area contributed by atoms with Gasteiger partial charge < -0.3 is 0 Å². The van der Waals surface area contributed by atoms with E-state index in [0.29, 0.717) is 5.56 Å². The number of sulfonamides is 1. The molecule has 0 saturated heterocycles. The standard InChI is InChI=1S/C12H17NO3S/c1-9(2)13(4)17(15,16)12-7-5-11(6-8-12)10(3)14/h5-9H,1-4H3. The Hall–Kier alpha value is -1.20. The summed E-state index contributed by atoms with van der Waals surface area (Å²) in [6.07, 6.45) is 0. The molecule has 1 rings (SSSR count). The van der Waals surface area contributed by atoms with Gasteiger partial charge in [-0.15, -0.1) is 0 Å². The number of Topliss-reactive ketones (excluding diaryl/α,β-unsaturated/α-hetero) is 1. The fourth-order valence-electron chi connectivity index (χ4n) is 1.31. The Morgan fingerprint density at radius 1 is 1.18 bits per heavy atom. The number of carbonyl (C=O) groups excluding carboxylic acids is 1. The van der Waals surface area contributed by atoms with Gasteiger partial charge in [-0.3, -0.25) is 4.79 Å². The van der Waals surface area contributed by atoms with Gasteiger partial charge in [-0.2, -0.15) is 4.31 Å². The zero-order valence-electron chi connectivity index (χ0n) is 10.5. The van der Waals surface area contributed by atoms with Gasteiger partial charge in [0.25, 0.3) is 0 Å². The van der Waals surface area contributed by atoms with E-state index in [1.54, 1.807) is 7.05 Å². The Balaban J connectivity index is 3.13. The fraction of sp³-hybridized carbons (Fsp3) is 0.417. The summed E-state index contributed by atoms with van der Waals surface area (Å²) in [5.41, 5.74) is 0.510. The van der Waals surface area contributed by atoms with Crippen LogP contribution >= 0.6 is 0 Å². The van der Waals surface area contributed by atoms with Crippen LogP contribution < -0.4 is 0 Å². The molecule has 17 heavy (non-hydrogen) atoms. The van der Waals surface area contributed by atoms with Crippen LogP contribution in [-0.4, -0.2) is 31.6 Å². The van der Waals surface area contributed by atoms with Crippen LogP contribution in [0.4, 0.5) is 0 Å². The summed E-state index contributed by atoms with van der Waals surface area (Å²) in [7, 11) is -1.92. The van der Waals surface area contributed by atoms with Gasteiger partial charge in [0.05, 0.1) is 4.90 Å². The minimum atomic E-state index is -3.46. The Kier molecular flexibility index (Phi) is 4.06. The number of benzene rings is 1. The summed E-state index contributed by atoms with van der Waals surface area (Å²) in [4.78, 5) is 11.3. The maximum absolute atomic E-state index is 12.1. The fourth-order valence-corrected chi connectivity index (χ4v) is 2.67. The summed E-state index contributed by atoms with van der Waals surface area (Å²) in [6, 6.07) is 5.88. The SMILES string of the molecule is CC(=O)c1ccc(S(=O)(=O)N(C)C(C)C)cc1. The molecule has 0 N–H and O–H groups in total. The average Bonchev–Trinajstić information content (AvgIpc) is 2.27. The lowest BCUT2D eigenvalue weighted by Crippen LogP contribution is -2.33. The lowest BCUT2D eigenvalue weighted by molar-refractivity contribution is 0.101. The van der Waals surface area contributed by atoms with Gasteiger partial charge in [0.2, 0.25) is 10.0 Å². The number of ketones is 1. The predicted octanol–water partition coefficient (Wildman–Crippen LogP) is 1.92. The molecule has 0 spiro atoms. The summed E-state index contributed by atoms with van der Waals surface area (Å²) in [5, 5.41) is 0. The van der Waals surface area contributed by atoms with Crippen LogP contribution in [-0.2, 0) is 10.0 Å². The largest absolute Gasteiger partial charge is 0.295 e. The van der Waals surface area contributed by atoms with E-state index < -0.39 is 10.0 Å². The molecule has 0 radical (unpaired) electrons. The van der Waals surface area contributed by atoms with E-state index in [0.717, 1.165) is 0 Å². The van der Waals surface area contributed by atoms with Crippen molar-refractivity contribution in [2.45, 2.75) is 31.7 Å². The quantitative estimate of drug-likeness (QED) is 0.772. The lowest BCUT2D eigenvalue weighted by atomic mass is 10.2. The van der Waals surface area contributed by atoms with Crippen LogP contribution in [0, 0.1) is 0 Å². The molecule has 0 fully saturated rings. The maximum atomic E-state index is 12.1. The molecule has 0 aliphatic heterocycles. The van der Waals surface area contributed by atoms with Crippen molar-refractivity contribution in [3.63, 3.8) is 0 Å². The van der Waals surface area contributed by atoms with E-state index in [2.05, 4.69) is 0 Å². The third kappa shape index (κ3) is 2.92. The minimum Gasteiger partial charge on any atom is -0.295 e. The predicted molar refractivity (Wildman–Crippen MR) is 66.5 cm³/mol. The minimum absolute atomic E-state index is 0.0776. The first-order valence-corrected chi connectivity index (χ1v) is 6.80. The second-order valence-corrected chi connectivity index (χ2v) is 6.19. The number of carbonyl (C=O) groups is 1. The second kappa shape index (κ2) is 4.98. The molecular formula is C12H17NO3S. The summed E-state index contributed by atoms with van der Waals surface area (Å²) >= 11 is 0. The molecule has 0 aliphatic carbocycles. The van der Waals surface area contributed by atoms with E-state index in [1.165, 1.54) is 35.5 Å². The molecule has 0 unspecified atom stereocenters. The molecule has 0 amide bonds. The van der Waals surface area contributed by atoms with Crippen molar-refractivity contribution in [1.82, 2.24) is 4.31 Å². The van der Waals surface area contributed by atoms with Crippen LogP contribution in [0.5, 0.6) is 0 Å². The smallest absolute Gasteiger partial charge is 0.243 e. The highest BCUT2D eigenvalue weighted by molar-refractivity contribution is 7.89. The first-order valence-electron chi connectivity index (χ1n) is 5.36. The van der Waals surface area contributed by atoms with Crippen molar-refractivity contribution in [3.05, 3.63) is 29.8 Å². The molecule has 4 nitrogen and oxygen atoms in total. The Labute approximate surface area is 102 Å². The molecular weight excluding hydrogens is 238 g/mol. The van der Waals surface area contributed by atoms with Crippen molar-refractivity contribution in [3.8, 4) is 0 Å². The van der Waals surface area contributed by atoms with E-state index in [-0.39, 0.29) is 16.7 Å². The van der Waals surface area contributed by atoms with Gasteiger partial charge in [-0.1, -0.05) is 12.1 Å². The third-order valence-corrected chi connectivity index (χ3v) is 4.71. The van der Waals surface area contributed by atoms with E-state index in [4.69, 9.17) is 0 Å². The monoisotopic (exact) mass is 255 g/mol. The Morgan fingerprint density at radius 3 is 2.00 bits per heavy atom. The van der Waals surface area contributed by atoms with Crippen molar-refractivity contribution in [2.75, 3.05) is 7.05 Å². The number of hydrogen-bond acceptors (Lipinski definition) is 3. The normalized spacial score (nSPS) is 12.1. The van der Waals surface area contributed by atoms with E-state index in [1.807, 2.05) is 13.8 Å². The Bertz CT molecular complexity index is 503. The molecule has 0 aromatic heterocycles. The van der Waals surface area contributed by atoms with Gasteiger partial charge in [-0.25, -0.2) is 8.42 Å². The van der Waals surface area contributed by atoms with Crippen LogP contribution in [0.25, 0.3) is 0 Å². The average molecular weight is 255 g/mol. The second-order valence-electron chi connectivity index (χ2n) is 4.20. The van der Waals surface area contributed by atoms with E-state index in [9.17, 15) is 13.2 Å². The van der Waals surface area contributed by atoms with Crippen molar-refractivity contribution in [2.24, 2.45) is 0 Å². The Morgan fingerprint density at radius 2 is 1.65 bits per heavy atom. The van der Waals surface area contributed by atoms with Gasteiger partial charge in [0.1, 0.15) is 0 Å². The highest BCUT2D eigenvalue weighted by Gasteiger charge is 2.22. The molecule has 0 saturated carbocycles. The maximum Gasteiger partial charge on any atom is 0.243 e. The highest BCUT2D eigenvalue weighted by Crippen LogP contribution is 2.17. The number of rotatable bonds is 4. The van der Waals surface area contributed by atoms with Crippen molar-refractivity contribution < 1.29 is 13.2 Å². The first-order chi connectivity index (χ1) is 7.76. The zero-order chi connectivity index (χ0) is 13.2. The summed E-state index contributed by atoms with van der Waals surface area (Å²) in [5.74, 6) is -0.0776. The van der Waals surface area contributed by atoms with Crippen molar-refractivity contribution >= 4 is 15.8 Å². The molecule has 1 aromatic rings. The number of hydrogen-bond donors (Lipinski definition) is 0. The lowest BCUT2D eigenvalue weighted by Gasteiger charge is -2.20. The van der Waals surface area contributed by atoms with Gasteiger partial charge >= 0.3 is 0 Å². The molecule has 0 bridgehead atoms. The topological polar surface area (TPSA) is 54.5 Å². The molecule has 5 heteroatoms. The molecule has 0 aliphatic rings. The van der Waals surface area contributed by atoms with Crippen LogP contribution in [0.3, 0.4) is 0 Å².